The van der Waals surface area contributed by atoms with Gasteiger partial charge in [-0.2, -0.15) is 5.10 Å². The van der Waals surface area contributed by atoms with E-state index in [0.29, 0.717) is 0 Å². The largest absolute Gasteiger partial charge is 0.310 e. The third-order valence-corrected chi connectivity index (χ3v) is 3.70. The molecule has 0 saturated heterocycles. The van der Waals surface area contributed by atoms with Crippen LogP contribution in [0, 0.1) is 0 Å². The highest BCUT2D eigenvalue weighted by Gasteiger charge is 2.21. The van der Waals surface area contributed by atoms with Gasteiger partial charge in [0, 0.05) is 37.0 Å². The van der Waals surface area contributed by atoms with Gasteiger partial charge in [0.1, 0.15) is 0 Å². The van der Waals surface area contributed by atoms with Crippen molar-refractivity contribution in [3.8, 4) is 11.3 Å². The molecular weight excluding hydrogens is 234 g/mol. The molecular formula is C16H21N3. The molecule has 0 atom stereocenters. The Morgan fingerprint density at radius 3 is 2.63 bits per heavy atom. The Kier molecular flexibility index (Phi) is 3.38. The van der Waals surface area contributed by atoms with Crippen LogP contribution in [0.25, 0.3) is 11.3 Å². The molecule has 1 aromatic heterocycles. The molecule has 1 saturated carbocycles. The van der Waals surface area contributed by atoms with Crippen molar-refractivity contribution in [1.82, 2.24) is 15.1 Å². The van der Waals surface area contributed by atoms with Crippen molar-refractivity contribution in [2.24, 2.45) is 7.05 Å². The van der Waals surface area contributed by atoms with E-state index in [1.165, 1.54) is 29.5 Å². The lowest BCUT2D eigenvalue weighted by atomic mass is 10.0. The fraction of sp³-hybridized carbons (Fsp3) is 0.438. The van der Waals surface area contributed by atoms with Crippen LogP contribution in [0.1, 0.15) is 30.9 Å². The van der Waals surface area contributed by atoms with E-state index in [1.807, 2.05) is 11.7 Å². The minimum absolute atomic E-state index is 0.732. The topological polar surface area (TPSA) is 29.9 Å². The zero-order valence-electron chi connectivity index (χ0n) is 11.7. The van der Waals surface area contributed by atoms with Crippen LogP contribution >= 0.6 is 0 Å². The van der Waals surface area contributed by atoms with E-state index in [2.05, 4.69) is 47.8 Å². The molecule has 1 aromatic carbocycles. The fourth-order valence-electron chi connectivity index (χ4n) is 2.35. The highest BCUT2D eigenvalue weighted by molar-refractivity contribution is 5.63. The summed E-state index contributed by atoms with van der Waals surface area (Å²) >= 11 is 0. The SMILES string of the molecule is CCc1ccc(-c2nn(C)cc2CNC2CC2)cc1. The second kappa shape index (κ2) is 5.17. The summed E-state index contributed by atoms with van der Waals surface area (Å²) in [5.74, 6) is 0. The molecule has 19 heavy (non-hydrogen) atoms. The Bertz CT molecular complexity index is 550. The quantitative estimate of drug-likeness (QED) is 0.890. The third-order valence-electron chi connectivity index (χ3n) is 3.70. The number of nitrogens with one attached hydrogen (secondary N) is 1. The van der Waals surface area contributed by atoms with Crippen molar-refractivity contribution in [2.75, 3.05) is 0 Å². The van der Waals surface area contributed by atoms with Crippen LogP contribution in [0.5, 0.6) is 0 Å². The summed E-state index contributed by atoms with van der Waals surface area (Å²) in [5.41, 5.74) is 4.99. The van der Waals surface area contributed by atoms with Gasteiger partial charge >= 0.3 is 0 Å². The Morgan fingerprint density at radius 2 is 2.00 bits per heavy atom. The van der Waals surface area contributed by atoms with Crippen molar-refractivity contribution in [1.29, 1.82) is 0 Å². The Morgan fingerprint density at radius 1 is 1.26 bits per heavy atom. The molecule has 0 amide bonds. The second-order valence-corrected chi connectivity index (χ2v) is 5.38. The molecule has 1 aliphatic rings. The maximum atomic E-state index is 4.61. The van der Waals surface area contributed by atoms with Crippen molar-refractivity contribution < 1.29 is 0 Å². The molecule has 0 aliphatic heterocycles. The van der Waals surface area contributed by atoms with Crippen molar-refractivity contribution in [3.05, 3.63) is 41.6 Å². The van der Waals surface area contributed by atoms with E-state index in [9.17, 15) is 0 Å². The normalized spacial score (nSPS) is 14.8. The maximum Gasteiger partial charge on any atom is 0.0967 e. The van der Waals surface area contributed by atoms with Gasteiger partial charge in [-0.15, -0.1) is 0 Å². The Labute approximate surface area is 114 Å². The molecule has 3 nitrogen and oxygen atoms in total. The highest BCUT2D eigenvalue weighted by atomic mass is 15.3. The number of hydrogen-bond donors (Lipinski definition) is 1. The lowest BCUT2D eigenvalue weighted by Gasteiger charge is -2.04. The van der Waals surface area contributed by atoms with Gasteiger partial charge in [-0.05, 0) is 24.8 Å². The Balaban J connectivity index is 1.84. The summed E-state index contributed by atoms with van der Waals surface area (Å²) < 4.78 is 1.91. The minimum Gasteiger partial charge on any atom is -0.310 e. The zero-order valence-corrected chi connectivity index (χ0v) is 11.7. The fourth-order valence-corrected chi connectivity index (χ4v) is 2.35. The van der Waals surface area contributed by atoms with Crippen LogP contribution in [-0.4, -0.2) is 15.8 Å². The van der Waals surface area contributed by atoms with Crippen LogP contribution in [0.15, 0.2) is 30.5 Å². The first kappa shape index (κ1) is 12.4. The standard InChI is InChI=1S/C16H21N3/c1-3-12-4-6-13(7-5-12)16-14(11-19(2)18-16)10-17-15-8-9-15/h4-7,11,15,17H,3,8-10H2,1-2H3. The van der Waals surface area contributed by atoms with Crippen molar-refractivity contribution >= 4 is 0 Å². The van der Waals surface area contributed by atoms with Crippen LogP contribution in [0.3, 0.4) is 0 Å². The van der Waals surface area contributed by atoms with E-state index in [1.54, 1.807) is 0 Å². The van der Waals surface area contributed by atoms with Gasteiger partial charge in [-0.3, -0.25) is 4.68 Å². The van der Waals surface area contributed by atoms with E-state index >= 15 is 0 Å². The number of aryl methyl sites for hydroxylation is 2. The Hall–Kier alpha value is -1.61. The van der Waals surface area contributed by atoms with Gasteiger partial charge in [-0.1, -0.05) is 31.2 Å². The van der Waals surface area contributed by atoms with Crippen LogP contribution < -0.4 is 5.32 Å². The monoisotopic (exact) mass is 255 g/mol. The van der Waals surface area contributed by atoms with Gasteiger partial charge in [0.25, 0.3) is 0 Å². The molecule has 2 aromatic rings. The summed E-state index contributed by atoms with van der Waals surface area (Å²) in [6.45, 7) is 3.10. The number of rotatable bonds is 5. The lowest BCUT2D eigenvalue weighted by Crippen LogP contribution is -2.15. The predicted octanol–water partition coefficient (Wildman–Crippen LogP) is 2.90. The molecule has 3 heteroatoms. The first-order valence-electron chi connectivity index (χ1n) is 7.11. The molecule has 1 heterocycles. The van der Waals surface area contributed by atoms with Gasteiger partial charge < -0.3 is 5.32 Å². The maximum absolute atomic E-state index is 4.61. The molecule has 0 radical (unpaired) electrons. The predicted molar refractivity (Wildman–Crippen MR) is 77.9 cm³/mol. The first-order valence-corrected chi connectivity index (χ1v) is 7.11. The van der Waals surface area contributed by atoms with Gasteiger partial charge in [0.15, 0.2) is 0 Å². The van der Waals surface area contributed by atoms with Crippen molar-refractivity contribution in [2.45, 2.75) is 38.8 Å². The van der Waals surface area contributed by atoms with Crippen molar-refractivity contribution in [3.63, 3.8) is 0 Å². The van der Waals surface area contributed by atoms with Gasteiger partial charge in [0.05, 0.1) is 5.69 Å². The zero-order chi connectivity index (χ0) is 13.2. The molecule has 0 bridgehead atoms. The van der Waals surface area contributed by atoms with Crippen LogP contribution in [-0.2, 0) is 20.0 Å². The number of hydrogen-bond acceptors (Lipinski definition) is 2. The average Bonchev–Trinajstić information content (AvgIpc) is 3.19. The smallest absolute Gasteiger partial charge is 0.0967 e. The number of nitrogens with zero attached hydrogens (tertiary/aromatic N) is 2. The summed E-state index contributed by atoms with van der Waals surface area (Å²) in [7, 11) is 1.99. The number of benzene rings is 1. The van der Waals surface area contributed by atoms with Crippen LogP contribution in [0.2, 0.25) is 0 Å². The second-order valence-electron chi connectivity index (χ2n) is 5.38. The molecule has 1 aliphatic carbocycles. The van der Waals surface area contributed by atoms with E-state index < -0.39 is 0 Å². The van der Waals surface area contributed by atoms with Gasteiger partial charge in [0.2, 0.25) is 0 Å². The number of aromatic nitrogens is 2. The molecule has 0 spiro atoms. The summed E-state index contributed by atoms with van der Waals surface area (Å²) in [5, 5.41) is 8.18. The summed E-state index contributed by atoms with van der Waals surface area (Å²) in [4.78, 5) is 0. The molecule has 1 N–H and O–H groups in total. The van der Waals surface area contributed by atoms with E-state index in [-0.39, 0.29) is 0 Å². The van der Waals surface area contributed by atoms with E-state index in [4.69, 9.17) is 0 Å². The first-order chi connectivity index (χ1) is 9.26. The van der Waals surface area contributed by atoms with Gasteiger partial charge in [-0.25, -0.2) is 0 Å². The third kappa shape index (κ3) is 2.87. The average molecular weight is 255 g/mol. The minimum atomic E-state index is 0.732. The highest BCUT2D eigenvalue weighted by Crippen LogP contribution is 2.24. The van der Waals surface area contributed by atoms with Crippen LogP contribution in [0.4, 0.5) is 0 Å². The summed E-state index contributed by atoms with van der Waals surface area (Å²) in [6.07, 6.45) is 5.85. The molecule has 3 rings (SSSR count). The molecule has 100 valence electrons. The molecule has 0 unspecified atom stereocenters. The lowest BCUT2D eigenvalue weighted by molar-refractivity contribution is 0.687. The summed E-state index contributed by atoms with van der Waals surface area (Å²) in [6, 6.07) is 9.49. The molecule has 1 fully saturated rings. The van der Waals surface area contributed by atoms with E-state index in [0.717, 1.165) is 24.7 Å².